The van der Waals surface area contributed by atoms with Crippen LogP contribution in [-0.2, 0) is 14.3 Å². The number of fused-ring (bicyclic) bond motifs is 1. The Morgan fingerprint density at radius 1 is 1.32 bits per heavy atom. The highest BCUT2D eigenvalue weighted by atomic mass is 35.5. The SMILES string of the molecule is Cc1ncccc1-c1ccc(C(=O)NC(C=O)C2CCCC[C@@H]2N2C[C@H](Cl)[C@H]3OCC(=O)[C@H]32)s1. The fraction of sp³-hybridized carbons (Fsp3) is 0.520. The first-order chi connectivity index (χ1) is 16.5. The van der Waals surface area contributed by atoms with Gasteiger partial charge in [-0.05, 0) is 38.0 Å². The number of aldehydes is 1. The molecule has 0 bridgehead atoms. The number of carbonyl (C=O) groups is 3. The molecular formula is C25H28ClN3O4S. The average Bonchev–Trinajstić information content (AvgIpc) is 3.56. The molecule has 2 saturated heterocycles. The summed E-state index contributed by atoms with van der Waals surface area (Å²) in [5.74, 6) is -0.277. The highest BCUT2D eigenvalue weighted by Crippen LogP contribution is 2.39. The zero-order valence-corrected chi connectivity index (χ0v) is 20.6. The third-order valence-electron chi connectivity index (χ3n) is 7.37. The average molecular weight is 502 g/mol. The molecule has 34 heavy (non-hydrogen) atoms. The number of amides is 1. The number of pyridine rings is 1. The molecule has 2 aromatic rings. The Morgan fingerprint density at radius 3 is 2.94 bits per heavy atom. The second-order valence-corrected chi connectivity index (χ2v) is 11.0. The third-order valence-corrected chi connectivity index (χ3v) is 8.88. The summed E-state index contributed by atoms with van der Waals surface area (Å²) in [7, 11) is 0. The number of nitrogens with one attached hydrogen (secondary N) is 1. The van der Waals surface area contributed by atoms with Gasteiger partial charge in [0.15, 0.2) is 5.78 Å². The summed E-state index contributed by atoms with van der Waals surface area (Å²) in [6, 6.07) is 6.59. The number of Topliss-reactive ketones (excluding diaryl/α,β-unsaturated/α-hetero) is 1. The van der Waals surface area contributed by atoms with Crippen LogP contribution in [0.25, 0.3) is 10.4 Å². The lowest BCUT2D eigenvalue weighted by molar-refractivity contribution is -0.122. The lowest BCUT2D eigenvalue weighted by Crippen LogP contribution is -2.55. The minimum Gasteiger partial charge on any atom is -0.367 e. The van der Waals surface area contributed by atoms with E-state index in [1.807, 2.05) is 25.1 Å². The van der Waals surface area contributed by atoms with E-state index in [-0.39, 0.29) is 47.8 Å². The van der Waals surface area contributed by atoms with Crippen LogP contribution in [0.3, 0.4) is 0 Å². The number of ether oxygens (including phenoxy) is 1. The summed E-state index contributed by atoms with van der Waals surface area (Å²) in [6.45, 7) is 2.59. The third kappa shape index (κ3) is 4.33. The van der Waals surface area contributed by atoms with Crippen LogP contribution in [0.2, 0.25) is 0 Å². The molecule has 6 atom stereocenters. The van der Waals surface area contributed by atoms with Crippen molar-refractivity contribution in [2.45, 2.75) is 62.2 Å². The van der Waals surface area contributed by atoms with Crippen LogP contribution in [0.5, 0.6) is 0 Å². The summed E-state index contributed by atoms with van der Waals surface area (Å²) in [5, 5.41) is 2.73. The summed E-state index contributed by atoms with van der Waals surface area (Å²) in [5.41, 5.74) is 1.90. The number of hydrogen-bond acceptors (Lipinski definition) is 7. The van der Waals surface area contributed by atoms with Crippen LogP contribution >= 0.6 is 22.9 Å². The van der Waals surface area contributed by atoms with Crippen molar-refractivity contribution < 1.29 is 19.1 Å². The van der Waals surface area contributed by atoms with Crippen molar-refractivity contribution in [2.24, 2.45) is 5.92 Å². The molecule has 9 heteroatoms. The minimum atomic E-state index is -0.631. The van der Waals surface area contributed by atoms with Gasteiger partial charge in [0.25, 0.3) is 5.91 Å². The number of halogens is 1. The summed E-state index contributed by atoms with van der Waals surface area (Å²) in [4.78, 5) is 45.9. The molecule has 0 radical (unpaired) electrons. The fourth-order valence-corrected chi connectivity index (χ4v) is 7.12. The van der Waals surface area contributed by atoms with Crippen LogP contribution in [-0.4, -0.2) is 70.6 Å². The van der Waals surface area contributed by atoms with Gasteiger partial charge in [-0.25, -0.2) is 0 Å². The molecule has 2 aromatic heterocycles. The van der Waals surface area contributed by atoms with E-state index in [0.717, 1.165) is 48.1 Å². The van der Waals surface area contributed by atoms with E-state index < -0.39 is 6.04 Å². The number of aryl methyl sites for hydroxylation is 1. The largest absolute Gasteiger partial charge is 0.367 e. The van der Waals surface area contributed by atoms with Gasteiger partial charge < -0.3 is 14.8 Å². The van der Waals surface area contributed by atoms with E-state index in [2.05, 4.69) is 15.2 Å². The molecule has 2 unspecified atom stereocenters. The zero-order valence-electron chi connectivity index (χ0n) is 19.0. The summed E-state index contributed by atoms with van der Waals surface area (Å²) < 4.78 is 5.65. The number of hydrogen-bond donors (Lipinski definition) is 1. The van der Waals surface area contributed by atoms with Crippen LogP contribution < -0.4 is 5.32 Å². The summed E-state index contributed by atoms with van der Waals surface area (Å²) >= 11 is 7.91. The lowest BCUT2D eigenvalue weighted by atomic mass is 9.78. The van der Waals surface area contributed by atoms with Gasteiger partial charge in [-0.1, -0.05) is 18.9 Å². The Labute approximate surface area is 207 Å². The topological polar surface area (TPSA) is 88.6 Å². The van der Waals surface area contributed by atoms with Gasteiger partial charge in [0, 0.05) is 40.8 Å². The number of rotatable bonds is 6. The molecule has 7 nitrogen and oxygen atoms in total. The van der Waals surface area contributed by atoms with Gasteiger partial charge in [-0.3, -0.25) is 19.5 Å². The Kier molecular flexibility index (Phi) is 6.84. The van der Waals surface area contributed by atoms with Crippen molar-refractivity contribution in [1.29, 1.82) is 0 Å². The molecule has 3 fully saturated rings. The predicted octanol–water partition coefficient (Wildman–Crippen LogP) is 3.23. The minimum absolute atomic E-state index is 0.00286. The fourth-order valence-electron chi connectivity index (χ4n) is 5.76. The van der Waals surface area contributed by atoms with E-state index in [1.165, 1.54) is 11.3 Å². The Bertz CT molecular complexity index is 1090. The van der Waals surface area contributed by atoms with Crippen molar-refractivity contribution in [3.05, 3.63) is 41.0 Å². The van der Waals surface area contributed by atoms with Gasteiger partial charge >= 0.3 is 0 Å². The van der Waals surface area contributed by atoms with Crippen molar-refractivity contribution in [3.8, 4) is 10.4 Å². The summed E-state index contributed by atoms with van der Waals surface area (Å²) in [6.07, 6.45) is 6.00. The first kappa shape index (κ1) is 23.6. The Balaban J connectivity index is 1.33. The molecule has 3 aliphatic rings. The van der Waals surface area contributed by atoms with Crippen molar-refractivity contribution in [1.82, 2.24) is 15.2 Å². The van der Waals surface area contributed by atoms with E-state index >= 15 is 0 Å². The van der Waals surface area contributed by atoms with E-state index in [4.69, 9.17) is 16.3 Å². The van der Waals surface area contributed by atoms with Crippen LogP contribution in [0, 0.1) is 12.8 Å². The molecule has 180 valence electrons. The van der Waals surface area contributed by atoms with Gasteiger partial charge in [0.2, 0.25) is 0 Å². The number of likely N-dealkylation sites (tertiary alicyclic amines) is 1. The highest BCUT2D eigenvalue weighted by Gasteiger charge is 2.53. The lowest BCUT2D eigenvalue weighted by Gasteiger charge is -2.42. The first-order valence-corrected chi connectivity index (χ1v) is 13.1. The molecule has 2 aliphatic heterocycles. The molecule has 1 N–H and O–H groups in total. The van der Waals surface area contributed by atoms with E-state index in [1.54, 1.807) is 12.3 Å². The number of nitrogens with zero attached hydrogens (tertiary/aromatic N) is 2. The maximum absolute atomic E-state index is 13.1. The van der Waals surface area contributed by atoms with Gasteiger partial charge in [0.05, 0.1) is 28.4 Å². The number of thiophene rings is 1. The van der Waals surface area contributed by atoms with E-state index in [9.17, 15) is 14.4 Å². The molecule has 1 aliphatic carbocycles. The van der Waals surface area contributed by atoms with Crippen LogP contribution in [0.15, 0.2) is 30.5 Å². The van der Waals surface area contributed by atoms with Crippen LogP contribution in [0.1, 0.15) is 41.0 Å². The van der Waals surface area contributed by atoms with Gasteiger partial charge in [-0.2, -0.15) is 0 Å². The standard InChI is InChI=1S/C25H28ClN3O4S/c1-14-15(6-4-10-27-14)21-8-9-22(34-21)25(32)28-18(12-30)16-5-2-3-7-19(16)29-11-17(26)24-23(29)20(31)13-33-24/h4,6,8-10,12,16-19,23-24H,2-3,5,7,11,13H2,1H3,(H,28,32)/t16?,17-,18?,19-,23+,24+/m0/s1. The number of ketones is 1. The molecule has 5 rings (SSSR count). The quantitative estimate of drug-likeness (QED) is 0.483. The van der Waals surface area contributed by atoms with Crippen LogP contribution in [0.4, 0.5) is 0 Å². The molecular weight excluding hydrogens is 474 g/mol. The second kappa shape index (κ2) is 9.85. The second-order valence-electron chi connectivity index (χ2n) is 9.35. The molecule has 1 amide bonds. The van der Waals surface area contributed by atoms with Gasteiger partial charge in [-0.15, -0.1) is 22.9 Å². The molecule has 4 heterocycles. The normalized spacial score (nSPS) is 30.2. The Morgan fingerprint density at radius 2 is 2.15 bits per heavy atom. The smallest absolute Gasteiger partial charge is 0.261 e. The Hall–Kier alpha value is -2.13. The monoisotopic (exact) mass is 501 g/mol. The van der Waals surface area contributed by atoms with Crippen molar-refractivity contribution in [3.63, 3.8) is 0 Å². The molecule has 0 spiro atoms. The first-order valence-electron chi connectivity index (χ1n) is 11.8. The van der Waals surface area contributed by atoms with E-state index in [0.29, 0.717) is 11.4 Å². The maximum Gasteiger partial charge on any atom is 0.261 e. The highest BCUT2D eigenvalue weighted by molar-refractivity contribution is 7.17. The van der Waals surface area contributed by atoms with Crippen molar-refractivity contribution in [2.75, 3.05) is 13.2 Å². The van der Waals surface area contributed by atoms with Crippen molar-refractivity contribution >= 4 is 40.9 Å². The maximum atomic E-state index is 13.1. The van der Waals surface area contributed by atoms with Gasteiger partial charge in [0.1, 0.15) is 12.9 Å². The number of aromatic nitrogens is 1. The number of carbonyl (C=O) groups excluding carboxylic acids is 3. The molecule has 0 aromatic carbocycles. The zero-order chi connectivity index (χ0) is 23.8. The molecule has 1 saturated carbocycles. The predicted molar refractivity (Wildman–Crippen MR) is 130 cm³/mol. The number of alkyl halides is 1.